The van der Waals surface area contributed by atoms with E-state index in [1.54, 1.807) is 0 Å². The summed E-state index contributed by atoms with van der Waals surface area (Å²) in [6.07, 6.45) is 0. The van der Waals surface area contributed by atoms with Crippen LogP contribution in [0.25, 0.3) is 22.3 Å². The zero-order chi connectivity index (χ0) is 18.2. The van der Waals surface area contributed by atoms with E-state index in [1.807, 2.05) is 12.1 Å². The van der Waals surface area contributed by atoms with E-state index in [0.717, 1.165) is 0 Å². The Morgan fingerprint density at radius 3 is 1.56 bits per heavy atom. The summed E-state index contributed by atoms with van der Waals surface area (Å²) in [7, 11) is 0. The van der Waals surface area contributed by atoms with Crippen molar-refractivity contribution in [2.75, 3.05) is 0 Å². The van der Waals surface area contributed by atoms with E-state index in [9.17, 15) is 0 Å². The lowest BCUT2D eigenvalue weighted by atomic mass is 10.0. The second-order valence-corrected chi connectivity index (χ2v) is 6.42. The highest BCUT2D eigenvalue weighted by molar-refractivity contribution is 5.66. The van der Waals surface area contributed by atoms with Crippen molar-refractivity contribution in [3.8, 4) is 22.3 Å². The number of aryl methyl sites for hydroxylation is 2. The van der Waals surface area contributed by atoms with Crippen molar-refractivity contribution >= 4 is 0 Å². The van der Waals surface area contributed by atoms with E-state index in [4.69, 9.17) is 0 Å². The first-order valence-electron chi connectivity index (χ1n) is 8.97. The average molecular weight is 353 g/mol. The van der Waals surface area contributed by atoms with Crippen molar-refractivity contribution in [1.29, 1.82) is 0 Å². The number of rotatable bonds is 2. The summed E-state index contributed by atoms with van der Waals surface area (Å²) in [5.74, 6) is 0. The van der Waals surface area contributed by atoms with Crippen molar-refractivity contribution in [2.45, 2.75) is 21.3 Å². The van der Waals surface area contributed by atoms with Crippen LogP contribution in [-0.4, -0.2) is 0 Å². The maximum Gasteiger partial charge on any atom is -0.0155 e. The summed E-state index contributed by atoms with van der Waals surface area (Å²) in [6.45, 7) is 4.26. The van der Waals surface area contributed by atoms with Gasteiger partial charge in [-0.2, -0.15) is 0 Å². The van der Waals surface area contributed by atoms with Gasteiger partial charge in [0.1, 0.15) is 0 Å². The predicted octanol–water partition coefficient (Wildman–Crippen LogP) is 7.96. The Hall–Kier alpha value is -3.12. The molecule has 0 saturated carbocycles. The van der Waals surface area contributed by atoms with Gasteiger partial charge >= 0.3 is 0 Å². The van der Waals surface area contributed by atoms with E-state index >= 15 is 0 Å². The summed E-state index contributed by atoms with van der Waals surface area (Å²) in [4.78, 5) is 0. The summed E-state index contributed by atoms with van der Waals surface area (Å²) >= 11 is 0. The minimum Gasteiger partial charge on any atom is -0.0776 e. The maximum absolute atomic E-state index is 2.20. The molecule has 136 valence electrons. The first-order valence-corrected chi connectivity index (χ1v) is 8.97. The smallest absolute Gasteiger partial charge is 0.0155 e. The molecule has 4 aromatic rings. The van der Waals surface area contributed by atoms with Crippen LogP contribution in [0, 0.1) is 13.8 Å². The van der Waals surface area contributed by atoms with Gasteiger partial charge in [0.2, 0.25) is 0 Å². The van der Waals surface area contributed by atoms with Gasteiger partial charge in [0.05, 0.1) is 0 Å². The Morgan fingerprint density at radius 2 is 0.963 bits per heavy atom. The van der Waals surface area contributed by atoms with Gasteiger partial charge in [0, 0.05) is 0 Å². The van der Waals surface area contributed by atoms with Gasteiger partial charge in [-0.3, -0.25) is 0 Å². The molecule has 0 heterocycles. The molecule has 0 aromatic heterocycles. The topological polar surface area (TPSA) is 0 Å². The molecule has 0 unspecified atom stereocenters. The SMILES string of the molecule is C.Cc1cccc(-c2ccccc2)c1.Cc1ccccc1-c1ccccc1. The third-order valence-corrected chi connectivity index (χ3v) is 4.36. The van der Waals surface area contributed by atoms with Crippen LogP contribution < -0.4 is 0 Å². The summed E-state index contributed by atoms with van der Waals surface area (Å²) in [5, 5.41) is 0. The minimum atomic E-state index is 0. The third-order valence-electron chi connectivity index (χ3n) is 4.36. The van der Waals surface area contributed by atoms with Crippen LogP contribution in [0.1, 0.15) is 18.6 Å². The zero-order valence-electron chi connectivity index (χ0n) is 15.4. The third kappa shape index (κ3) is 5.69. The molecule has 4 rings (SSSR count). The fraction of sp³-hybridized carbons (Fsp3) is 0.111. The van der Waals surface area contributed by atoms with Crippen molar-refractivity contribution < 1.29 is 0 Å². The summed E-state index contributed by atoms with van der Waals surface area (Å²) in [5.41, 5.74) is 7.82. The van der Waals surface area contributed by atoms with Crippen LogP contribution in [0.2, 0.25) is 0 Å². The Balaban J connectivity index is 0.000000187. The fourth-order valence-electron chi connectivity index (χ4n) is 2.97. The zero-order valence-corrected chi connectivity index (χ0v) is 15.4. The quantitative estimate of drug-likeness (QED) is 0.343. The molecule has 4 aromatic carbocycles. The van der Waals surface area contributed by atoms with Gasteiger partial charge in [-0.15, -0.1) is 0 Å². The molecule has 0 radical (unpaired) electrons. The molecular formula is C27H28. The lowest BCUT2D eigenvalue weighted by Crippen LogP contribution is -1.80. The van der Waals surface area contributed by atoms with Gasteiger partial charge in [0.15, 0.2) is 0 Å². The van der Waals surface area contributed by atoms with E-state index in [0.29, 0.717) is 0 Å². The van der Waals surface area contributed by atoms with Gasteiger partial charge in [-0.25, -0.2) is 0 Å². The summed E-state index contributed by atoms with van der Waals surface area (Å²) < 4.78 is 0. The Labute approximate surface area is 164 Å². The fourth-order valence-corrected chi connectivity index (χ4v) is 2.97. The van der Waals surface area contributed by atoms with Gasteiger partial charge in [0.25, 0.3) is 0 Å². The first-order chi connectivity index (χ1) is 12.7. The molecule has 27 heavy (non-hydrogen) atoms. The van der Waals surface area contributed by atoms with E-state index in [2.05, 4.69) is 111 Å². The highest BCUT2D eigenvalue weighted by Crippen LogP contribution is 2.22. The van der Waals surface area contributed by atoms with Crippen LogP contribution in [0.15, 0.2) is 109 Å². The molecule has 0 heteroatoms. The predicted molar refractivity (Wildman–Crippen MR) is 120 cm³/mol. The largest absolute Gasteiger partial charge is 0.0776 e. The number of benzene rings is 4. The second kappa shape index (κ2) is 10.1. The van der Waals surface area contributed by atoms with E-state index in [1.165, 1.54) is 33.4 Å². The maximum atomic E-state index is 2.20. The van der Waals surface area contributed by atoms with E-state index in [-0.39, 0.29) is 7.43 Å². The van der Waals surface area contributed by atoms with Crippen molar-refractivity contribution in [3.63, 3.8) is 0 Å². The molecule has 0 bridgehead atoms. The van der Waals surface area contributed by atoms with E-state index < -0.39 is 0 Å². The Kier molecular flexibility index (Phi) is 7.58. The first kappa shape index (κ1) is 20.2. The van der Waals surface area contributed by atoms with Crippen molar-refractivity contribution in [3.05, 3.63) is 120 Å². The molecule has 0 amide bonds. The lowest BCUT2D eigenvalue weighted by molar-refractivity contribution is 1.46. The Morgan fingerprint density at radius 1 is 0.444 bits per heavy atom. The molecule has 0 spiro atoms. The van der Waals surface area contributed by atoms with Crippen molar-refractivity contribution in [2.24, 2.45) is 0 Å². The van der Waals surface area contributed by atoms with Gasteiger partial charge in [-0.05, 0) is 41.7 Å². The van der Waals surface area contributed by atoms with Crippen LogP contribution in [0.4, 0.5) is 0 Å². The standard InChI is InChI=1S/2C13H12.CH4/c1-11-7-5-6-10-13(11)12-8-3-2-4-9-12;1-11-6-5-9-13(10-11)12-7-3-2-4-8-12;/h2*2-10H,1H3;1H4. The molecule has 0 aliphatic carbocycles. The molecule has 0 nitrogen and oxygen atoms in total. The highest BCUT2D eigenvalue weighted by atomic mass is 14.0. The van der Waals surface area contributed by atoms with Crippen LogP contribution in [0.3, 0.4) is 0 Å². The van der Waals surface area contributed by atoms with Gasteiger partial charge in [-0.1, -0.05) is 122 Å². The average Bonchev–Trinajstić information content (AvgIpc) is 2.70. The van der Waals surface area contributed by atoms with Crippen LogP contribution in [0.5, 0.6) is 0 Å². The second-order valence-electron chi connectivity index (χ2n) is 6.42. The van der Waals surface area contributed by atoms with Crippen LogP contribution >= 0.6 is 0 Å². The van der Waals surface area contributed by atoms with Gasteiger partial charge < -0.3 is 0 Å². The highest BCUT2D eigenvalue weighted by Gasteiger charge is 1.98. The monoisotopic (exact) mass is 352 g/mol. The molecule has 0 aliphatic heterocycles. The number of hydrogen-bond acceptors (Lipinski definition) is 0. The Bertz CT molecular complexity index is 938. The molecular weight excluding hydrogens is 324 g/mol. The molecule has 0 N–H and O–H groups in total. The van der Waals surface area contributed by atoms with Crippen molar-refractivity contribution in [1.82, 2.24) is 0 Å². The summed E-state index contributed by atoms with van der Waals surface area (Å²) in [6, 6.07) is 37.9. The lowest BCUT2D eigenvalue weighted by Gasteiger charge is -2.04. The number of hydrogen-bond donors (Lipinski definition) is 0. The minimum absolute atomic E-state index is 0. The van der Waals surface area contributed by atoms with Crippen LogP contribution in [-0.2, 0) is 0 Å². The molecule has 0 fully saturated rings. The normalized spacial score (nSPS) is 9.56. The molecule has 0 atom stereocenters. The molecule has 0 aliphatic rings. The molecule has 0 saturated heterocycles.